The highest BCUT2D eigenvalue weighted by atomic mass is 32.1. The Labute approximate surface area is 127 Å². The highest BCUT2D eigenvalue weighted by Gasteiger charge is 2.06. The van der Waals surface area contributed by atoms with Crippen LogP contribution in [0.25, 0.3) is 5.57 Å². The van der Waals surface area contributed by atoms with E-state index in [1.54, 1.807) is 30.7 Å². The molecule has 21 heavy (non-hydrogen) atoms. The van der Waals surface area contributed by atoms with Crippen LogP contribution in [0.15, 0.2) is 59.9 Å². The normalized spacial score (nSPS) is 12.2. The third-order valence-corrected chi connectivity index (χ3v) is 3.52. The van der Waals surface area contributed by atoms with Crippen molar-refractivity contribution in [3.05, 3.63) is 70.3 Å². The Bertz CT molecular complexity index is 642. The van der Waals surface area contributed by atoms with Gasteiger partial charge in [-0.15, -0.1) is 11.3 Å². The van der Waals surface area contributed by atoms with E-state index >= 15 is 0 Å². The maximum Gasteiger partial charge on any atom is 0.332 e. The van der Waals surface area contributed by atoms with E-state index in [-0.39, 0.29) is 6.61 Å². The topological polar surface area (TPSA) is 65.2 Å². The molecule has 5 heteroatoms. The summed E-state index contributed by atoms with van der Waals surface area (Å²) in [5.74, 6) is -0.442. The molecule has 0 atom stereocenters. The third-order valence-electron chi connectivity index (χ3n) is 2.62. The highest BCUT2D eigenvalue weighted by Crippen LogP contribution is 2.26. The van der Waals surface area contributed by atoms with Crippen molar-refractivity contribution in [3.63, 3.8) is 0 Å². The fourth-order valence-corrected chi connectivity index (χ4v) is 2.54. The van der Waals surface area contributed by atoms with Gasteiger partial charge in [-0.25, -0.2) is 4.79 Å². The Morgan fingerprint density at radius 1 is 1.43 bits per heavy atom. The van der Waals surface area contributed by atoms with Gasteiger partial charge in [-0.05, 0) is 36.1 Å². The van der Waals surface area contributed by atoms with Crippen molar-refractivity contribution in [2.75, 3.05) is 6.61 Å². The van der Waals surface area contributed by atoms with Crippen LogP contribution in [0.2, 0.25) is 0 Å². The maximum atomic E-state index is 11.4. The molecule has 0 saturated heterocycles. The summed E-state index contributed by atoms with van der Waals surface area (Å²) < 4.78 is 5.12. The molecule has 0 saturated carbocycles. The van der Waals surface area contributed by atoms with Crippen LogP contribution >= 0.6 is 11.3 Å². The van der Waals surface area contributed by atoms with Gasteiger partial charge in [0.1, 0.15) is 6.61 Å². The number of carbonyl (C=O) groups is 1. The largest absolute Gasteiger partial charge is 0.458 e. The van der Waals surface area contributed by atoms with Crippen LogP contribution < -0.4 is 5.73 Å². The first-order valence-electron chi connectivity index (χ1n) is 6.42. The molecular weight excluding hydrogens is 284 g/mol. The molecule has 2 aromatic heterocycles. The first kappa shape index (κ1) is 15.0. The Morgan fingerprint density at radius 3 is 2.90 bits per heavy atom. The lowest BCUT2D eigenvalue weighted by atomic mass is 10.1. The van der Waals surface area contributed by atoms with Gasteiger partial charge in [-0.3, -0.25) is 4.98 Å². The standard InChI is InChI=1S/C16H16N2O2S/c1-12(17)10-16(19)20-8-6-14(15-5-3-9-21-15)13-4-2-7-18-11-13/h2-7,9-11H,8,17H2,1H3/b12-10-,14-6-. The van der Waals surface area contributed by atoms with E-state index < -0.39 is 5.97 Å². The average Bonchev–Trinajstić information content (AvgIpc) is 2.97. The molecule has 2 heterocycles. The van der Waals surface area contributed by atoms with Crippen molar-refractivity contribution >= 4 is 22.9 Å². The molecule has 2 aromatic rings. The summed E-state index contributed by atoms with van der Waals surface area (Å²) in [5, 5.41) is 2.01. The SMILES string of the molecule is C/C(N)=C/C(=O)OC/C=C(/c1cccnc1)c1cccs1. The molecule has 2 rings (SSSR count). The molecule has 0 radical (unpaired) electrons. The van der Waals surface area contributed by atoms with Crippen LogP contribution in [0, 0.1) is 0 Å². The predicted octanol–water partition coefficient (Wildman–Crippen LogP) is 2.98. The second-order valence-electron chi connectivity index (χ2n) is 4.36. The first-order chi connectivity index (χ1) is 10.2. The number of ether oxygens (including phenoxy) is 1. The molecule has 0 aliphatic carbocycles. The highest BCUT2D eigenvalue weighted by molar-refractivity contribution is 7.11. The number of nitrogens with two attached hydrogens (primary N) is 1. The molecule has 0 aliphatic rings. The molecule has 0 spiro atoms. The summed E-state index contributed by atoms with van der Waals surface area (Å²) in [6.45, 7) is 1.83. The van der Waals surface area contributed by atoms with Gasteiger partial charge in [-0.1, -0.05) is 12.1 Å². The zero-order chi connectivity index (χ0) is 15.1. The number of thiophene rings is 1. The van der Waals surface area contributed by atoms with Crippen LogP contribution in [0.5, 0.6) is 0 Å². The van der Waals surface area contributed by atoms with Crippen LogP contribution in [0.1, 0.15) is 17.4 Å². The van der Waals surface area contributed by atoms with Crippen LogP contribution in [-0.2, 0) is 9.53 Å². The number of pyridine rings is 1. The van der Waals surface area contributed by atoms with Crippen LogP contribution in [-0.4, -0.2) is 17.6 Å². The number of hydrogen-bond acceptors (Lipinski definition) is 5. The quantitative estimate of drug-likeness (QED) is 0.681. The van der Waals surface area contributed by atoms with Gasteiger partial charge in [0.25, 0.3) is 0 Å². The number of aromatic nitrogens is 1. The van der Waals surface area contributed by atoms with Crippen LogP contribution in [0.3, 0.4) is 0 Å². The van der Waals surface area contributed by atoms with E-state index in [9.17, 15) is 4.79 Å². The molecule has 0 aromatic carbocycles. The summed E-state index contributed by atoms with van der Waals surface area (Å²) in [6.07, 6.45) is 6.66. The molecule has 0 unspecified atom stereocenters. The van der Waals surface area contributed by atoms with Crippen molar-refractivity contribution < 1.29 is 9.53 Å². The van der Waals surface area contributed by atoms with Gasteiger partial charge >= 0.3 is 5.97 Å². The maximum absolute atomic E-state index is 11.4. The van der Waals surface area contributed by atoms with Gasteiger partial charge in [0, 0.05) is 34.6 Å². The van der Waals surface area contributed by atoms with Gasteiger partial charge < -0.3 is 10.5 Å². The monoisotopic (exact) mass is 300 g/mol. The third kappa shape index (κ3) is 4.57. The number of hydrogen-bond donors (Lipinski definition) is 1. The Hall–Kier alpha value is -2.40. The van der Waals surface area contributed by atoms with Gasteiger partial charge in [0.15, 0.2) is 0 Å². The minimum Gasteiger partial charge on any atom is -0.458 e. The summed E-state index contributed by atoms with van der Waals surface area (Å²) in [4.78, 5) is 16.7. The number of esters is 1. The Kier molecular flexibility index (Phi) is 5.29. The number of carbonyl (C=O) groups excluding carboxylic acids is 1. The van der Waals surface area contributed by atoms with E-state index in [4.69, 9.17) is 10.5 Å². The van der Waals surface area contributed by atoms with E-state index in [0.717, 1.165) is 16.0 Å². The summed E-state index contributed by atoms with van der Waals surface area (Å²) >= 11 is 1.63. The summed E-state index contributed by atoms with van der Waals surface area (Å²) in [7, 11) is 0. The molecule has 0 amide bonds. The Balaban J connectivity index is 2.16. The lowest BCUT2D eigenvalue weighted by Gasteiger charge is -2.06. The predicted molar refractivity (Wildman–Crippen MR) is 84.5 cm³/mol. The summed E-state index contributed by atoms with van der Waals surface area (Å²) in [5.41, 5.74) is 7.84. The van der Waals surface area contributed by atoms with Gasteiger partial charge in [0.2, 0.25) is 0 Å². The summed E-state index contributed by atoms with van der Waals surface area (Å²) in [6, 6.07) is 7.86. The first-order valence-corrected chi connectivity index (χ1v) is 7.30. The van der Waals surface area contributed by atoms with E-state index in [1.165, 1.54) is 6.08 Å². The van der Waals surface area contributed by atoms with Crippen molar-refractivity contribution in [3.8, 4) is 0 Å². The van der Waals surface area contributed by atoms with Crippen molar-refractivity contribution in [2.45, 2.75) is 6.92 Å². The zero-order valence-corrected chi connectivity index (χ0v) is 12.5. The number of nitrogens with zero attached hydrogens (tertiary/aromatic N) is 1. The molecule has 0 fully saturated rings. The molecular formula is C16H16N2O2S. The van der Waals surface area contributed by atoms with Crippen LogP contribution in [0.4, 0.5) is 0 Å². The van der Waals surface area contributed by atoms with Crippen molar-refractivity contribution in [1.82, 2.24) is 4.98 Å². The average molecular weight is 300 g/mol. The Morgan fingerprint density at radius 2 is 2.29 bits per heavy atom. The second-order valence-corrected chi connectivity index (χ2v) is 5.30. The lowest BCUT2D eigenvalue weighted by Crippen LogP contribution is -2.04. The van der Waals surface area contributed by atoms with Crippen molar-refractivity contribution in [2.24, 2.45) is 5.73 Å². The van der Waals surface area contributed by atoms with Gasteiger partial charge in [0.05, 0.1) is 0 Å². The smallest absolute Gasteiger partial charge is 0.332 e. The molecule has 0 aliphatic heterocycles. The minimum absolute atomic E-state index is 0.185. The molecule has 2 N–H and O–H groups in total. The lowest BCUT2D eigenvalue weighted by molar-refractivity contribution is -0.136. The van der Waals surface area contributed by atoms with E-state index in [0.29, 0.717) is 5.70 Å². The zero-order valence-electron chi connectivity index (χ0n) is 11.7. The van der Waals surface area contributed by atoms with Gasteiger partial charge in [-0.2, -0.15) is 0 Å². The number of allylic oxidation sites excluding steroid dienone is 1. The molecule has 4 nitrogen and oxygen atoms in total. The van der Waals surface area contributed by atoms with E-state index in [1.807, 2.05) is 35.7 Å². The molecule has 0 bridgehead atoms. The van der Waals surface area contributed by atoms with E-state index in [2.05, 4.69) is 4.98 Å². The number of rotatable bonds is 5. The molecule has 108 valence electrons. The second kappa shape index (κ2) is 7.40. The minimum atomic E-state index is -0.442. The fourth-order valence-electron chi connectivity index (χ4n) is 1.75. The fraction of sp³-hybridized carbons (Fsp3) is 0.125. The van der Waals surface area contributed by atoms with Crippen molar-refractivity contribution in [1.29, 1.82) is 0 Å².